The Morgan fingerprint density at radius 3 is 2.29 bits per heavy atom. The number of hydrogen-bond acceptors (Lipinski definition) is 8. The normalized spacial score (nSPS) is 12.8. The molecule has 0 saturated carbocycles. The maximum atomic E-state index is 13.8. The van der Waals surface area contributed by atoms with Crippen molar-refractivity contribution in [3.8, 4) is 0 Å². The SMILES string of the molecule is CCOC(=O)c1noc([C@@H](Cc2ccccc2)NC(=O)C(Cc2ccc3ccccc3c2)NC(=O)OC(C)(C)C)n1. The highest BCUT2D eigenvalue weighted by molar-refractivity contribution is 5.87. The lowest BCUT2D eigenvalue weighted by Gasteiger charge is -2.25. The maximum Gasteiger partial charge on any atom is 0.408 e. The van der Waals surface area contributed by atoms with Crippen LogP contribution in [0.5, 0.6) is 0 Å². The minimum absolute atomic E-state index is 0.0342. The molecule has 1 unspecified atom stereocenters. The average molecular weight is 559 g/mol. The van der Waals surface area contributed by atoms with Crippen molar-refractivity contribution >= 4 is 28.7 Å². The molecular weight excluding hydrogens is 524 g/mol. The van der Waals surface area contributed by atoms with Gasteiger partial charge in [0.25, 0.3) is 5.82 Å². The van der Waals surface area contributed by atoms with Crippen molar-refractivity contribution in [2.24, 2.45) is 0 Å². The van der Waals surface area contributed by atoms with Gasteiger partial charge in [0.2, 0.25) is 11.8 Å². The first-order valence-corrected chi connectivity index (χ1v) is 13.4. The van der Waals surface area contributed by atoms with E-state index in [1.807, 2.05) is 72.8 Å². The number of nitrogens with zero attached hydrogens (tertiary/aromatic N) is 2. The van der Waals surface area contributed by atoms with E-state index in [-0.39, 0.29) is 24.7 Å². The fourth-order valence-corrected chi connectivity index (χ4v) is 4.24. The molecule has 4 rings (SSSR count). The molecule has 2 amide bonds. The predicted octanol–water partition coefficient (Wildman–Crippen LogP) is 4.94. The van der Waals surface area contributed by atoms with Gasteiger partial charge in [0.15, 0.2) is 0 Å². The van der Waals surface area contributed by atoms with Crippen molar-refractivity contribution in [3.05, 3.63) is 95.6 Å². The van der Waals surface area contributed by atoms with Gasteiger partial charge in [-0.3, -0.25) is 4.79 Å². The molecule has 41 heavy (non-hydrogen) atoms. The summed E-state index contributed by atoms with van der Waals surface area (Å²) in [6, 6.07) is 21.4. The van der Waals surface area contributed by atoms with Crippen LogP contribution in [-0.2, 0) is 27.1 Å². The molecule has 0 saturated heterocycles. The third-order valence-corrected chi connectivity index (χ3v) is 6.06. The van der Waals surface area contributed by atoms with Crippen molar-refractivity contribution < 1.29 is 28.4 Å². The predicted molar refractivity (Wildman–Crippen MR) is 152 cm³/mol. The molecule has 2 N–H and O–H groups in total. The largest absolute Gasteiger partial charge is 0.460 e. The zero-order valence-electron chi connectivity index (χ0n) is 23.5. The monoisotopic (exact) mass is 558 g/mol. The van der Waals surface area contributed by atoms with E-state index in [9.17, 15) is 14.4 Å². The Bertz CT molecular complexity index is 1500. The van der Waals surface area contributed by atoms with Crippen LogP contribution in [0, 0.1) is 0 Å². The van der Waals surface area contributed by atoms with Gasteiger partial charge in [-0.25, -0.2) is 9.59 Å². The highest BCUT2D eigenvalue weighted by atomic mass is 16.6. The lowest BCUT2D eigenvalue weighted by atomic mass is 10.0. The number of alkyl carbamates (subject to hydrolysis) is 1. The zero-order valence-corrected chi connectivity index (χ0v) is 23.5. The second kappa shape index (κ2) is 13.1. The van der Waals surface area contributed by atoms with Gasteiger partial charge in [-0.1, -0.05) is 72.8 Å². The van der Waals surface area contributed by atoms with Crippen LogP contribution < -0.4 is 10.6 Å². The van der Waals surface area contributed by atoms with E-state index in [1.165, 1.54) is 0 Å². The first-order chi connectivity index (χ1) is 19.6. The van der Waals surface area contributed by atoms with Gasteiger partial charge in [0, 0.05) is 12.8 Å². The van der Waals surface area contributed by atoms with E-state index in [4.69, 9.17) is 14.0 Å². The smallest absolute Gasteiger partial charge is 0.408 e. The molecule has 10 nitrogen and oxygen atoms in total. The van der Waals surface area contributed by atoms with E-state index >= 15 is 0 Å². The fourth-order valence-electron chi connectivity index (χ4n) is 4.24. The molecule has 2 atom stereocenters. The van der Waals surface area contributed by atoms with Crippen molar-refractivity contribution in [2.45, 2.75) is 58.2 Å². The van der Waals surface area contributed by atoms with Gasteiger partial charge in [-0.2, -0.15) is 4.98 Å². The lowest BCUT2D eigenvalue weighted by Crippen LogP contribution is -2.50. The number of esters is 1. The maximum absolute atomic E-state index is 13.8. The third-order valence-electron chi connectivity index (χ3n) is 6.06. The summed E-state index contributed by atoms with van der Waals surface area (Å²) in [4.78, 5) is 42.9. The van der Waals surface area contributed by atoms with Crippen LogP contribution in [-0.4, -0.2) is 46.4 Å². The molecule has 0 bridgehead atoms. The molecule has 3 aromatic carbocycles. The first-order valence-electron chi connectivity index (χ1n) is 13.4. The zero-order chi connectivity index (χ0) is 29.4. The Balaban J connectivity index is 1.61. The third kappa shape index (κ3) is 8.38. The Labute approximate surface area is 238 Å². The van der Waals surface area contributed by atoms with Gasteiger partial charge in [-0.15, -0.1) is 0 Å². The number of fused-ring (bicyclic) bond motifs is 1. The number of nitrogens with one attached hydrogen (secondary N) is 2. The molecule has 0 aliphatic carbocycles. The summed E-state index contributed by atoms with van der Waals surface area (Å²) < 4.78 is 15.8. The van der Waals surface area contributed by atoms with Gasteiger partial charge in [0.1, 0.15) is 17.7 Å². The molecular formula is C31H34N4O6. The van der Waals surface area contributed by atoms with Crippen LogP contribution in [0.4, 0.5) is 4.79 Å². The summed E-state index contributed by atoms with van der Waals surface area (Å²) in [5, 5.41) is 11.5. The summed E-state index contributed by atoms with van der Waals surface area (Å²) in [7, 11) is 0. The van der Waals surface area contributed by atoms with Gasteiger partial charge in [-0.05, 0) is 54.8 Å². The van der Waals surface area contributed by atoms with Crippen molar-refractivity contribution in [1.29, 1.82) is 0 Å². The van der Waals surface area contributed by atoms with E-state index in [0.717, 1.165) is 21.9 Å². The molecule has 0 fully saturated rings. The number of hydrogen-bond donors (Lipinski definition) is 2. The Kier molecular flexibility index (Phi) is 9.34. The molecule has 0 aliphatic heterocycles. The van der Waals surface area contributed by atoms with E-state index in [0.29, 0.717) is 6.42 Å². The Morgan fingerprint density at radius 2 is 1.59 bits per heavy atom. The quantitative estimate of drug-likeness (QED) is 0.262. The van der Waals surface area contributed by atoms with E-state index in [2.05, 4.69) is 20.8 Å². The summed E-state index contributed by atoms with van der Waals surface area (Å²) in [6.07, 6.45) is -0.224. The standard InChI is InChI=1S/C31H34N4O6/c1-5-39-29(37)26-34-28(41-35-26)25(18-20-11-7-6-8-12-20)32-27(36)24(33-30(38)40-31(2,3)4)19-21-15-16-22-13-9-10-14-23(22)17-21/h6-17,24-25H,5,18-19H2,1-4H3,(H,32,36)(H,33,38)/t24?,25-/m1/s1. The molecule has 0 aliphatic rings. The molecule has 214 valence electrons. The Hall–Kier alpha value is -4.73. The van der Waals surface area contributed by atoms with Crippen molar-refractivity contribution in [2.75, 3.05) is 6.61 Å². The van der Waals surface area contributed by atoms with Crippen LogP contribution in [0.15, 0.2) is 77.3 Å². The molecule has 0 radical (unpaired) electrons. The summed E-state index contributed by atoms with van der Waals surface area (Å²) >= 11 is 0. The Morgan fingerprint density at radius 1 is 0.878 bits per heavy atom. The first kappa shape index (κ1) is 29.3. The summed E-state index contributed by atoms with van der Waals surface area (Å²) in [6.45, 7) is 7.07. The number of aromatic nitrogens is 2. The number of benzene rings is 3. The topological polar surface area (TPSA) is 133 Å². The van der Waals surface area contributed by atoms with E-state index < -0.39 is 35.7 Å². The second-order valence-electron chi connectivity index (χ2n) is 10.5. The summed E-state index contributed by atoms with van der Waals surface area (Å²) in [5.41, 5.74) is 0.985. The molecule has 10 heteroatoms. The average Bonchev–Trinajstić information content (AvgIpc) is 3.43. The number of ether oxygens (including phenoxy) is 2. The number of amides is 2. The van der Waals surface area contributed by atoms with Gasteiger partial charge < -0.3 is 24.6 Å². The van der Waals surface area contributed by atoms with Crippen LogP contribution in [0.25, 0.3) is 10.8 Å². The molecule has 0 spiro atoms. The highest BCUT2D eigenvalue weighted by Crippen LogP contribution is 2.20. The van der Waals surface area contributed by atoms with Crippen LogP contribution >= 0.6 is 0 Å². The minimum atomic E-state index is -0.989. The fraction of sp³-hybridized carbons (Fsp3) is 0.323. The number of carbonyl (C=O) groups excluding carboxylic acids is 3. The van der Waals surface area contributed by atoms with Gasteiger partial charge >= 0.3 is 12.1 Å². The van der Waals surface area contributed by atoms with E-state index in [1.54, 1.807) is 27.7 Å². The van der Waals surface area contributed by atoms with Crippen LogP contribution in [0.1, 0.15) is 61.4 Å². The lowest BCUT2D eigenvalue weighted by molar-refractivity contribution is -0.124. The summed E-state index contributed by atoms with van der Waals surface area (Å²) in [5.74, 6) is -1.42. The highest BCUT2D eigenvalue weighted by Gasteiger charge is 2.30. The number of rotatable bonds is 10. The molecule has 4 aromatic rings. The van der Waals surface area contributed by atoms with Crippen molar-refractivity contribution in [1.82, 2.24) is 20.8 Å². The van der Waals surface area contributed by atoms with Crippen molar-refractivity contribution in [3.63, 3.8) is 0 Å². The molecule has 1 heterocycles. The molecule has 1 aromatic heterocycles. The second-order valence-corrected chi connectivity index (χ2v) is 10.5. The van der Waals surface area contributed by atoms with Crippen LogP contribution in [0.2, 0.25) is 0 Å². The van der Waals surface area contributed by atoms with Crippen LogP contribution in [0.3, 0.4) is 0 Å². The minimum Gasteiger partial charge on any atom is -0.460 e. The number of carbonyl (C=O) groups is 3. The van der Waals surface area contributed by atoms with Gasteiger partial charge in [0.05, 0.1) is 6.61 Å².